The van der Waals surface area contributed by atoms with E-state index in [-0.39, 0.29) is 0 Å². The van der Waals surface area contributed by atoms with E-state index in [1.165, 1.54) is 5.56 Å². The van der Waals surface area contributed by atoms with E-state index in [4.69, 9.17) is 0 Å². The zero-order valence-corrected chi connectivity index (χ0v) is 8.48. The Bertz CT molecular complexity index is 275. The monoisotopic (exact) mass is 179 g/mol. The van der Waals surface area contributed by atoms with Crippen molar-refractivity contribution in [3.63, 3.8) is 0 Å². The van der Waals surface area contributed by atoms with Crippen molar-refractivity contribution in [2.75, 3.05) is 0 Å². The van der Waals surface area contributed by atoms with Gasteiger partial charge in [0.15, 0.2) is 0 Å². The van der Waals surface area contributed by atoms with Gasteiger partial charge in [-0.3, -0.25) is 0 Å². The quantitative estimate of drug-likeness (QED) is 0.472. The van der Waals surface area contributed by atoms with Gasteiger partial charge in [-0.15, -0.1) is 0 Å². The summed E-state index contributed by atoms with van der Waals surface area (Å²) in [6.45, 7) is 6.02. The molecule has 0 fully saturated rings. The molecule has 2 heteroatoms. The van der Waals surface area contributed by atoms with Crippen LogP contribution in [0.5, 0.6) is 0 Å². The van der Waals surface area contributed by atoms with Crippen LogP contribution < -0.4 is 0 Å². The highest BCUT2D eigenvalue weighted by atomic mass is 32.1. The van der Waals surface area contributed by atoms with Crippen LogP contribution in [0.15, 0.2) is 29.3 Å². The molecule has 0 radical (unpaired) electrons. The number of isothiocyanates is 1. The number of hydrogen-bond acceptors (Lipinski definition) is 2. The molecule has 0 saturated carbocycles. The van der Waals surface area contributed by atoms with Crippen molar-refractivity contribution >= 4 is 23.1 Å². The zero-order chi connectivity index (χ0) is 9.40. The number of aliphatic imine (C=N–C) groups is 1. The molecule has 0 aliphatic carbocycles. The summed E-state index contributed by atoms with van der Waals surface area (Å²) in [5.41, 5.74) is 2.06. The largest absolute Gasteiger partial charge is 0.195 e. The molecule has 0 unspecified atom stereocenters. The third kappa shape index (κ3) is 4.02. The van der Waals surface area contributed by atoms with Crippen LogP contribution in [0, 0.1) is 6.92 Å². The Balaban J connectivity index is 0.000000561. The van der Waals surface area contributed by atoms with Gasteiger partial charge in [0.1, 0.15) is 0 Å². The van der Waals surface area contributed by atoms with Gasteiger partial charge in [0.25, 0.3) is 0 Å². The summed E-state index contributed by atoms with van der Waals surface area (Å²) in [6, 6.07) is 7.81. The first-order valence-electron chi connectivity index (χ1n) is 3.97. The molecule has 0 aliphatic rings. The first-order chi connectivity index (χ1) is 5.83. The first kappa shape index (κ1) is 11.0. The van der Waals surface area contributed by atoms with Crippen LogP contribution in [0.3, 0.4) is 0 Å². The second-order valence-corrected chi connectivity index (χ2v) is 2.22. The standard InChI is InChI=1S/C8H7NS.C2H6/c1-7-3-2-4-8(5-7)9-6-10;1-2/h2-5H,1H3;1-2H3. The fraction of sp³-hybridized carbons (Fsp3) is 0.300. The molecule has 12 heavy (non-hydrogen) atoms. The molecule has 0 saturated heterocycles. The average Bonchev–Trinajstić information content (AvgIpc) is 2.09. The Morgan fingerprint density at radius 2 is 2.00 bits per heavy atom. The molecule has 1 aromatic rings. The molecule has 0 amide bonds. The van der Waals surface area contributed by atoms with E-state index in [2.05, 4.69) is 22.4 Å². The van der Waals surface area contributed by atoms with Crippen molar-refractivity contribution < 1.29 is 0 Å². The summed E-state index contributed by atoms with van der Waals surface area (Å²) in [5, 5.41) is 2.32. The van der Waals surface area contributed by atoms with Crippen LogP contribution in [0.25, 0.3) is 0 Å². The molecule has 0 aliphatic heterocycles. The summed E-state index contributed by atoms with van der Waals surface area (Å²) in [7, 11) is 0. The van der Waals surface area contributed by atoms with Crippen LogP contribution in [0.1, 0.15) is 19.4 Å². The maximum absolute atomic E-state index is 4.46. The predicted octanol–water partition coefficient (Wildman–Crippen LogP) is 3.76. The molecule has 0 spiro atoms. The molecule has 0 atom stereocenters. The number of thiocarbonyl (C=S) groups is 1. The Kier molecular flexibility index (Phi) is 6.16. The lowest BCUT2D eigenvalue weighted by molar-refractivity contribution is 1.44. The van der Waals surface area contributed by atoms with E-state index in [1.54, 1.807) is 0 Å². The van der Waals surface area contributed by atoms with E-state index >= 15 is 0 Å². The highest BCUT2D eigenvalue weighted by Gasteiger charge is 1.85. The van der Waals surface area contributed by atoms with Gasteiger partial charge < -0.3 is 0 Å². The lowest BCUT2D eigenvalue weighted by Gasteiger charge is -1.90. The molecule has 0 heterocycles. The Morgan fingerprint density at radius 3 is 2.50 bits per heavy atom. The van der Waals surface area contributed by atoms with Crippen molar-refractivity contribution in [2.45, 2.75) is 20.8 Å². The highest BCUT2D eigenvalue weighted by Crippen LogP contribution is 2.11. The van der Waals surface area contributed by atoms with Gasteiger partial charge in [-0.1, -0.05) is 26.0 Å². The van der Waals surface area contributed by atoms with E-state index < -0.39 is 0 Å². The van der Waals surface area contributed by atoms with Crippen LogP contribution in [0.4, 0.5) is 5.69 Å². The van der Waals surface area contributed by atoms with E-state index in [9.17, 15) is 0 Å². The van der Waals surface area contributed by atoms with Gasteiger partial charge >= 0.3 is 0 Å². The number of hydrogen-bond donors (Lipinski definition) is 0. The van der Waals surface area contributed by atoms with E-state index in [0.29, 0.717) is 0 Å². The minimum absolute atomic E-state index is 0.870. The first-order valence-corrected chi connectivity index (χ1v) is 4.38. The maximum Gasteiger partial charge on any atom is 0.0742 e. The number of benzene rings is 1. The number of rotatable bonds is 1. The van der Waals surface area contributed by atoms with Crippen LogP contribution in [-0.4, -0.2) is 5.16 Å². The molecular formula is C10H13NS. The summed E-state index contributed by atoms with van der Waals surface area (Å²) in [4.78, 5) is 3.83. The minimum atomic E-state index is 0.870. The van der Waals surface area contributed by atoms with Crippen molar-refractivity contribution in [1.29, 1.82) is 0 Å². The SMILES string of the molecule is CC.Cc1cccc(N=C=S)c1. The van der Waals surface area contributed by atoms with E-state index in [1.807, 2.05) is 45.0 Å². The average molecular weight is 179 g/mol. The summed E-state index contributed by atoms with van der Waals surface area (Å²) in [5.74, 6) is 0. The van der Waals surface area contributed by atoms with Gasteiger partial charge in [-0.2, -0.15) is 4.99 Å². The summed E-state index contributed by atoms with van der Waals surface area (Å²) < 4.78 is 0. The number of nitrogens with zero attached hydrogens (tertiary/aromatic N) is 1. The van der Waals surface area contributed by atoms with Crippen LogP contribution in [0.2, 0.25) is 0 Å². The molecule has 64 valence electrons. The Labute approximate surface area is 79.2 Å². The second-order valence-electron chi connectivity index (χ2n) is 2.04. The smallest absolute Gasteiger partial charge is 0.0742 e. The van der Waals surface area contributed by atoms with Crippen LogP contribution >= 0.6 is 12.2 Å². The van der Waals surface area contributed by atoms with Gasteiger partial charge in [0, 0.05) is 0 Å². The second kappa shape index (κ2) is 6.71. The summed E-state index contributed by atoms with van der Waals surface area (Å²) >= 11 is 4.46. The molecule has 1 nitrogen and oxygen atoms in total. The number of aryl methyl sites for hydroxylation is 1. The lowest BCUT2D eigenvalue weighted by atomic mass is 10.2. The third-order valence-corrected chi connectivity index (χ3v) is 1.27. The van der Waals surface area contributed by atoms with E-state index in [0.717, 1.165) is 5.69 Å². The third-order valence-electron chi connectivity index (χ3n) is 1.18. The normalized spacial score (nSPS) is 7.58. The van der Waals surface area contributed by atoms with Gasteiger partial charge in [0.2, 0.25) is 0 Å². The van der Waals surface area contributed by atoms with Crippen molar-refractivity contribution in [2.24, 2.45) is 4.99 Å². The van der Waals surface area contributed by atoms with Crippen molar-refractivity contribution in [1.82, 2.24) is 0 Å². The van der Waals surface area contributed by atoms with Crippen molar-refractivity contribution in [3.8, 4) is 0 Å². The predicted molar refractivity (Wildman–Crippen MR) is 57.2 cm³/mol. The topological polar surface area (TPSA) is 12.4 Å². The summed E-state index contributed by atoms with van der Waals surface area (Å²) in [6.07, 6.45) is 0. The molecule has 0 N–H and O–H groups in total. The molecule has 1 rings (SSSR count). The molecule has 0 aromatic heterocycles. The Morgan fingerprint density at radius 1 is 1.33 bits per heavy atom. The van der Waals surface area contributed by atoms with Gasteiger partial charge in [-0.25, -0.2) is 0 Å². The molecule has 1 aromatic carbocycles. The van der Waals surface area contributed by atoms with Gasteiger partial charge in [0.05, 0.1) is 10.8 Å². The molecule has 0 bridgehead atoms. The van der Waals surface area contributed by atoms with Crippen LogP contribution in [-0.2, 0) is 0 Å². The Hall–Kier alpha value is -0.980. The highest BCUT2D eigenvalue weighted by molar-refractivity contribution is 7.78. The zero-order valence-electron chi connectivity index (χ0n) is 7.66. The fourth-order valence-corrected chi connectivity index (χ4v) is 0.856. The lowest BCUT2D eigenvalue weighted by Crippen LogP contribution is -1.67. The minimum Gasteiger partial charge on any atom is -0.195 e. The maximum atomic E-state index is 4.46. The van der Waals surface area contributed by atoms with Gasteiger partial charge in [-0.05, 0) is 36.8 Å². The van der Waals surface area contributed by atoms with Crippen molar-refractivity contribution in [3.05, 3.63) is 29.8 Å². The molecular weight excluding hydrogens is 166 g/mol. The fourth-order valence-electron chi connectivity index (χ4n) is 0.750.